The topological polar surface area (TPSA) is 624 Å². The Kier molecular flexibility index (Phi) is 97.2. The van der Waals surface area contributed by atoms with Crippen molar-refractivity contribution in [3.63, 3.8) is 0 Å². The van der Waals surface area contributed by atoms with Gasteiger partial charge >= 0.3 is 106 Å². The Morgan fingerprint density at radius 3 is 1.24 bits per heavy atom. The SMILES string of the molecule is C#CCCC(=O)O.C#CCCC(=O)OC.CC.CC(=O)NC[C@@H](CCl)OC(C)=O.CCOC(=O)Cl.CCOC(=O)Nc1cc(CCCCC(=O)O)ccc1F.CCOC(=O)Nc1cc(CCCCC(=O)OC)ccc1F.CCOC(=O)Nc1cc2c(cc1F)C(=O)CCCC2.CO.COC(=O)CCC#Cc1ccc(F)c([N+](=O)[O-])c1.COC(=O)CCCCc1ccc(F)c(N)c1.C[O-].O=S(=O)(O)O.O=[N+]([O-])c1cc(Br)ccc1F.[Li+]. The van der Waals surface area contributed by atoms with Gasteiger partial charge in [-0.1, -0.05) is 59.8 Å². The van der Waals surface area contributed by atoms with E-state index in [1.165, 1.54) is 90.8 Å². The number of ether oxygens (including phenoxy) is 9. The largest absolute Gasteiger partial charge is 1.00 e. The van der Waals surface area contributed by atoms with Gasteiger partial charge < -0.3 is 74.1 Å². The van der Waals surface area contributed by atoms with E-state index in [4.69, 9.17) is 93.9 Å². The molecule has 830 valence electrons. The number of alkyl halides is 1. The third kappa shape index (κ3) is 87.4. The molecule has 0 heterocycles. The molecule has 1 atom stereocenters. The number of carbonyl (C=O) groups is 13. The number of nitrogens with two attached hydrogens (primary N) is 1. The average Bonchev–Trinajstić information content (AvgIpc) is 1.55. The summed E-state index contributed by atoms with van der Waals surface area (Å²) in [6, 6.07) is 23.4. The number of rotatable bonds is 34. The number of anilines is 4. The molecule has 6 aromatic rings. The van der Waals surface area contributed by atoms with Crippen LogP contribution in [0.5, 0.6) is 0 Å². The third-order valence-corrected chi connectivity index (χ3v) is 17.6. The van der Waals surface area contributed by atoms with E-state index in [0.717, 1.165) is 106 Å². The Morgan fingerprint density at radius 2 is 0.887 bits per heavy atom. The summed E-state index contributed by atoms with van der Waals surface area (Å²) in [5, 5.41) is 61.9. The van der Waals surface area contributed by atoms with Gasteiger partial charge in [0.1, 0.15) is 29.4 Å². The van der Waals surface area contributed by atoms with Crippen molar-refractivity contribution in [1.82, 2.24) is 5.32 Å². The number of nitrogen functional groups attached to an aromatic ring is 1. The van der Waals surface area contributed by atoms with Gasteiger partial charge in [-0.3, -0.25) is 88.4 Å². The molecule has 1 aliphatic rings. The van der Waals surface area contributed by atoms with Gasteiger partial charge in [-0.05, 0) is 200 Å². The number of aliphatic hydroxyl groups is 1. The third-order valence-electron chi connectivity index (χ3n) is 16.7. The number of unbranched alkanes of at least 4 members (excludes halogenated alkanes) is 3. The molecule has 0 saturated carbocycles. The van der Waals surface area contributed by atoms with Gasteiger partial charge in [0, 0.05) is 105 Å². The number of carboxylic acid groups (broad SMARTS) is 2. The number of terminal acetylenes is 2. The summed E-state index contributed by atoms with van der Waals surface area (Å²) >= 11 is 13.2. The number of hydrogen-bond acceptors (Lipinski definition) is 31. The molecule has 150 heavy (non-hydrogen) atoms. The number of halogens is 9. The van der Waals surface area contributed by atoms with Gasteiger partial charge in [-0.25, -0.2) is 36.7 Å². The number of amides is 4. The van der Waals surface area contributed by atoms with Crippen molar-refractivity contribution >= 4 is 161 Å². The van der Waals surface area contributed by atoms with Gasteiger partial charge in [-0.2, -0.15) is 24.3 Å². The van der Waals surface area contributed by atoms with E-state index in [1.807, 2.05) is 13.8 Å². The zero-order valence-electron chi connectivity index (χ0n) is 85.7. The molecule has 1 aliphatic carbocycles. The Bertz CT molecular complexity index is 5340. The van der Waals surface area contributed by atoms with Crippen LogP contribution in [0.15, 0.2) is 108 Å². The smallest absolute Gasteiger partial charge is 0.857 e. The van der Waals surface area contributed by atoms with Crippen molar-refractivity contribution in [1.29, 1.82) is 0 Å². The zero-order chi connectivity index (χ0) is 116. The van der Waals surface area contributed by atoms with Crippen LogP contribution in [0.25, 0.3) is 0 Å². The molecule has 0 radical (unpaired) electrons. The molecule has 52 heteroatoms. The Labute approximate surface area is 897 Å². The predicted molar refractivity (Wildman–Crippen MR) is 543 cm³/mol. The van der Waals surface area contributed by atoms with Crippen LogP contribution in [0.1, 0.15) is 209 Å². The number of aliphatic hydroxyl groups excluding tert-OH is 1. The number of carboxylic acids is 2. The number of nitro groups is 2. The molecule has 4 amide bonds. The number of aliphatic carboxylic acids is 2. The standard InChI is InChI=1S/C15H20FNO4.C14H18FNO4.C14H16FNO3.C12H10FNO4.C12H16FNO2.C7H12ClNO3.C6H3BrFNO2.C6H8O2.C5H6O2.C3H5ClO2.C2H6.CH4O.CH3O.Li.H2O4S/c1-3-21-15(19)17-13-10-11(8-9-12(13)16)6-4-5-7-14(18)20-2;1-2-20-14(19)16-12-9-10(7-8-11(12)15)5-3-4-6-13(17)18;1-2-19-14(18)16-12-7-9-5-3-4-6-13(17)10(9)8-11(12)15;1-18-12(15)5-3-2-4-9-6-7-10(13)11(8-9)14(16)17;1-16-12(15)5-3-2-4-9-6-7-10(13)11(14)8-9;1-5(10)9-4-7(3-8)12-6(2)11;7-4-1-2-5(8)6(3-4)9(10)11;1-3-4-5-6(7)8-2;1-2-3-4-5(6)7;1-2-6-3(4)5;3*1-2;;1-5(2,3)4/h8-10H,3-7H2,1-2H3,(H,17,19);7-9H,2-6H2,1H3,(H,16,19)(H,17,18);7-8H,2-6H2,1H3,(H,16,18);6-8H,3,5H2,1H3;6-8H,2-5,14H2,1H3;7H,3-4H2,1-2H3,(H,9,10);1-3H;1H,4-5H2,2H3;1H,3-4H2,(H,6,7);2H2,1H3;1-2H3;2H,1H3;1H3;;(H2,1,2,3,4)/q;;;;;;;;;;;;-1;+1;/t;;;;;7-;;;;;;;;;/m.....1........./s1. The van der Waals surface area contributed by atoms with Gasteiger partial charge in [0.05, 0.1) is 119 Å². The number of carbonyl (C=O) groups excluding carboxylic acids is 11. The maximum Gasteiger partial charge on any atom is 1.00 e. The van der Waals surface area contributed by atoms with Gasteiger partial charge in [-0.15, -0.1) is 36.3 Å². The summed E-state index contributed by atoms with van der Waals surface area (Å²) in [4.78, 5) is 158. The van der Waals surface area contributed by atoms with E-state index in [-0.39, 0.29) is 135 Å². The number of aryl methyl sites for hydroxylation is 4. The van der Waals surface area contributed by atoms with Crippen molar-refractivity contribution in [2.24, 2.45) is 0 Å². The summed E-state index contributed by atoms with van der Waals surface area (Å²) < 4.78 is 152. The Hall–Kier alpha value is -13.7. The second-order valence-corrected chi connectivity index (χ2v) is 30.2. The molecule has 0 saturated heterocycles. The van der Waals surface area contributed by atoms with Crippen molar-refractivity contribution in [3.05, 3.63) is 196 Å². The Morgan fingerprint density at radius 1 is 0.520 bits per heavy atom. The number of hydrogen-bond donors (Lipinski definition) is 10. The first-order chi connectivity index (χ1) is 70.4. The quantitative estimate of drug-likeness (QED) is 0.00143. The maximum atomic E-state index is 13.9. The first-order valence-electron chi connectivity index (χ1n) is 44.6. The van der Waals surface area contributed by atoms with Gasteiger partial charge in [0.25, 0.3) is 0 Å². The first kappa shape index (κ1) is 152. The maximum absolute atomic E-state index is 13.9. The molecular weight excluding hydrogens is 2120 g/mol. The molecular formula is C98H129BrCl2F6LiN7O34S. The summed E-state index contributed by atoms with van der Waals surface area (Å²) in [5.41, 5.74) is 8.23. The van der Waals surface area contributed by atoms with E-state index in [9.17, 15) is 109 Å². The fourth-order valence-corrected chi connectivity index (χ4v) is 10.8. The van der Waals surface area contributed by atoms with Crippen LogP contribution in [-0.4, -0.2) is 207 Å². The van der Waals surface area contributed by atoms with Crippen molar-refractivity contribution < 1.29 is 198 Å². The van der Waals surface area contributed by atoms with Crippen molar-refractivity contribution in [2.75, 3.05) is 103 Å². The summed E-state index contributed by atoms with van der Waals surface area (Å²) in [6.45, 7) is 14.7. The monoisotopic (exact) mass is 2250 g/mol. The van der Waals surface area contributed by atoms with Crippen LogP contribution in [0.3, 0.4) is 0 Å². The number of ketones is 1. The molecule has 0 aliphatic heterocycles. The molecule has 0 unspecified atom stereocenters. The molecule has 6 aromatic carbocycles. The minimum Gasteiger partial charge on any atom is -0.857 e. The molecule has 11 N–H and O–H groups in total. The summed E-state index contributed by atoms with van der Waals surface area (Å²) in [5.74, 6) is 2.91. The number of nitrogens with zero attached hydrogens (tertiary/aromatic N) is 2. The van der Waals surface area contributed by atoms with Crippen molar-refractivity contribution in [3.8, 4) is 36.5 Å². The minimum absolute atomic E-state index is 0. The van der Waals surface area contributed by atoms with E-state index >= 15 is 0 Å². The van der Waals surface area contributed by atoms with Crippen LogP contribution < -0.4 is 51.0 Å². The van der Waals surface area contributed by atoms with Crippen LogP contribution in [0.2, 0.25) is 0 Å². The molecule has 0 bridgehead atoms. The number of nitro benzene ring substituents is 2. The van der Waals surface area contributed by atoms with E-state index in [2.05, 4.69) is 89.3 Å². The second-order valence-electron chi connectivity index (χ2n) is 27.8. The molecule has 41 nitrogen and oxygen atoms in total. The van der Waals surface area contributed by atoms with Gasteiger partial charge in [0.2, 0.25) is 17.5 Å². The number of benzene rings is 6. The number of nitrogens with one attached hydrogen (secondary N) is 4. The number of methoxy groups -OCH3 is 4. The molecule has 0 fully saturated rings. The van der Waals surface area contributed by atoms with Crippen LogP contribution in [0, 0.1) is 91.7 Å². The minimum atomic E-state index is -4.67. The van der Waals surface area contributed by atoms with Crippen LogP contribution in [-0.2, 0) is 117 Å². The molecule has 7 rings (SSSR count). The first-order valence-corrected chi connectivity index (χ1v) is 47.7. The number of Topliss-reactive ketones (excluding diaryl/α,β-unsaturated/α-hetero) is 1. The predicted octanol–water partition coefficient (Wildman–Crippen LogP) is 15.3. The normalized spacial score (nSPS) is 9.99. The average molecular weight is 2250 g/mol. The summed E-state index contributed by atoms with van der Waals surface area (Å²) in [7, 11) is 2.44. The molecule has 0 spiro atoms. The Balaban J connectivity index is -0.000000250. The fourth-order valence-electron chi connectivity index (χ4n) is 10.1. The van der Waals surface area contributed by atoms with E-state index in [0.29, 0.717) is 92.8 Å². The second kappa shape index (κ2) is 96.2. The van der Waals surface area contributed by atoms with Crippen molar-refractivity contribution in [2.45, 2.75) is 203 Å². The van der Waals surface area contributed by atoms with E-state index in [1.54, 1.807) is 58.0 Å². The number of fused-ring (bicyclic) bond motifs is 1. The zero-order valence-corrected chi connectivity index (χ0v) is 89.6. The van der Waals surface area contributed by atoms with Gasteiger partial charge in [0.15, 0.2) is 5.78 Å². The summed E-state index contributed by atoms with van der Waals surface area (Å²) in [6.07, 6.45) is 19.0. The number of esters is 5. The van der Waals surface area contributed by atoms with Crippen LogP contribution in [0.4, 0.5) is 79.6 Å². The fraction of sp³-hybridized carbons (Fsp3) is 0.439. The van der Waals surface area contributed by atoms with E-state index < -0.39 is 114 Å². The van der Waals surface area contributed by atoms with Crippen LogP contribution >= 0.6 is 39.1 Å². The molecule has 0 aromatic heterocycles.